The second kappa shape index (κ2) is 8.84. The molecule has 0 aromatic rings. The zero-order valence-corrected chi connectivity index (χ0v) is 15.5. The van der Waals surface area contributed by atoms with Gasteiger partial charge in [-0.3, -0.25) is 0 Å². The zero-order chi connectivity index (χ0) is 18.4. The molecule has 0 aromatic heterocycles. The number of fused-ring (bicyclic) bond motifs is 1. The van der Waals surface area contributed by atoms with Gasteiger partial charge in [0.15, 0.2) is 0 Å². The summed E-state index contributed by atoms with van der Waals surface area (Å²) in [5.41, 5.74) is 3.70. The van der Waals surface area contributed by atoms with Crippen molar-refractivity contribution in [1.29, 1.82) is 0 Å². The summed E-state index contributed by atoms with van der Waals surface area (Å²) in [4.78, 5) is 24.0. The molecule has 0 saturated carbocycles. The van der Waals surface area contributed by atoms with Gasteiger partial charge in [0, 0.05) is 23.5 Å². The van der Waals surface area contributed by atoms with E-state index in [0.717, 1.165) is 19.3 Å². The van der Waals surface area contributed by atoms with E-state index in [9.17, 15) is 9.59 Å². The molecule has 0 N–H and O–H groups in total. The topological polar surface area (TPSA) is 52.6 Å². The van der Waals surface area contributed by atoms with E-state index < -0.39 is 0 Å². The van der Waals surface area contributed by atoms with Gasteiger partial charge in [0.25, 0.3) is 0 Å². The summed E-state index contributed by atoms with van der Waals surface area (Å²) >= 11 is 0. The van der Waals surface area contributed by atoms with Crippen LogP contribution in [-0.2, 0) is 19.1 Å². The average Bonchev–Trinajstić information content (AvgIpc) is 2.83. The number of carbonyl (C=O) groups excluding carboxylic acids is 2. The molecular weight excluding hydrogens is 316 g/mol. The van der Waals surface area contributed by atoms with Crippen LogP contribution < -0.4 is 0 Å². The van der Waals surface area contributed by atoms with Crippen molar-refractivity contribution < 1.29 is 19.1 Å². The molecule has 0 radical (unpaired) electrons. The largest absolute Gasteiger partial charge is 0.466 e. The smallest absolute Gasteiger partial charge is 0.334 e. The molecule has 2 atom stereocenters. The van der Waals surface area contributed by atoms with E-state index in [0.29, 0.717) is 30.4 Å². The molecule has 2 rings (SSSR count). The molecule has 2 aliphatic rings. The Bertz CT molecular complexity index is 636. The fourth-order valence-corrected chi connectivity index (χ4v) is 3.36. The summed E-state index contributed by atoms with van der Waals surface area (Å²) in [6.07, 6.45) is 10.8. The quantitative estimate of drug-likeness (QED) is 0.401. The third-order valence-electron chi connectivity index (χ3n) is 4.94. The maximum Gasteiger partial charge on any atom is 0.334 e. The summed E-state index contributed by atoms with van der Waals surface area (Å²) in [5, 5.41) is 0. The number of allylic oxidation sites excluding steroid dienone is 4. The SMILES string of the molecule is C=C1C(=O)OC2CC(C)=CCCC(C)=CCCC(C(=O)OC)=CCC12. The van der Waals surface area contributed by atoms with Crippen molar-refractivity contribution >= 4 is 11.9 Å². The molecule has 4 heteroatoms. The van der Waals surface area contributed by atoms with Crippen LogP contribution in [0.1, 0.15) is 52.4 Å². The predicted molar refractivity (Wildman–Crippen MR) is 97.8 cm³/mol. The van der Waals surface area contributed by atoms with Gasteiger partial charge in [0.1, 0.15) is 6.10 Å². The van der Waals surface area contributed by atoms with Crippen molar-refractivity contribution in [2.45, 2.75) is 58.5 Å². The molecule has 1 aliphatic heterocycles. The van der Waals surface area contributed by atoms with Crippen LogP contribution in [0.25, 0.3) is 0 Å². The summed E-state index contributed by atoms with van der Waals surface area (Å²) < 4.78 is 10.4. The first-order valence-corrected chi connectivity index (χ1v) is 8.90. The highest BCUT2D eigenvalue weighted by Crippen LogP contribution is 2.34. The van der Waals surface area contributed by atoms with Gasteiger partial charge in [-0.2, -0.15) is 0 Å². The maximum absolute atomic E-state index is 12.0. The number of carbonyl (C=O) groups is 2. The van der Waals surface area contributed by atoms with Crippen molar-refractivity contribution in [3.8, 4) is 0 Å². The number of methoxy groups -OCH3 is 1. The van der Waals surface area contributed by atoms with E-state index in [4.69, 9.17) is 9.47 Å². The van der Waals surface area contributed by atoms with Crippen LogP contribution in [0.2, 0.25) is 0 Å². The lowest BCUT2D eigenvalue weighted by atomic mass is 9.88. The number of hydrogen-bond acceptors (Lipinski definition) is 4. The van der Waals surface area contributed by atoms with Gasteiger partial charge in [-0.15, -0.1) is 0 Å². The first-order valence-electron chi connectivity index (χ1n) is 8.90. The molecular formula is C21H28O4. The van der Waals surface area contributed by atoms with Crippen LogP contribution in [0.3, 0.4) is 0 Å². The Morgan fingerprint density at radius 3 is 2.56 bits per heavy atom. The van der Waals surface area contributed by atoms with Crippen molar-refractivity contribution in [2.75, 3.05) is 7.11 Å². The van der Waals surface area contributed by atoms with Crippen molar-refractivity contribution in [3.05, 3.63) is 47.1 Å². The van der Waals surface area contributed by atoms with E-state index >= 15 is 0 Å². The lowest BCUT2D eigenvalue weighted by Gasteiger charge is -2.17. The highest BCUT2D eigenvalue weighted by atomic mass is 16.6. The summed E-state index contributed by atoms with van der Waals surface area (Å²) in [6.45, 7) is 8.09. The van der Waals surface area contributed by atoms with Crippen LogP contribution in [0.4, 0.5) is 0 Å². The first-order chi connectivity index (χ1) is 11.9. The third kappa shape index (κ3) is 5.18. The van der Waals surface area contributed by atoms with E-state index in [2.05, 4.69) is 32.6 Å². The lowest BCUT2D eigenvalue weighted by Crippen LogP contribution is -2.17. The Hall–Kier alpha value is -2.10. The van der Waals surface area contributed by atoms with Crippen LogP contribution in [0.5, 0.6) is 0 Å². The normalized spacial score (nSPS) is 25.8. The monoisotopic (exact) mass is 344 g/mol. The van der Waals surface area contributed by atoms with E-state index in [1.807, 2.05) is 6.08 Å². The van der Waals surface area contributed by atoms with Crippen LogP contribution >= 0.6 is 0 Å². The summed E-state index contributed by atoms with van der Waals surface area (Å²) in [5.74, 6) is -0.713. The first kappa shape index (κ1) is 19.2. The van der Waals surface area contributed by atoms with Crippen LogP contribution in [0, 0.1) is 5.92 Å². The molecule has 25 heavy (non-hydrogen) atoms. The third-order valence-corrected chi connectivity index (χ3v) is 4.94. The van der Waals surface area contributed by atoms with Gasteiger partial charge in [0.05, 0.1) is 7.11 Å². The van der Waals surface area contributed by atoms with Gasteiger partial charge in [0.2, 0.25) is 0 Å². The Kier molecular flexibility index (Phi) is 6.80. The number of rotatable bonds is 1. The Balaban J connectivity index is 2.28. The number of hydrogen-bond donors (Lipinski definition) is 0. The molecule has 136 valence electrons. The Morgan fingerprint density at radius 1 is 1.16 bits per heavy atom. The minimum atomic E-state index is -0.322. The minimum Gasteiger partial charge on any atom is -0.466 e. The summed E-state index contributed by atoms with van der Waals surface area (Å²) in [6, 6.07) is 0. The van der Waals surface area contributed by atoms with Gasteiger partial charge < -0.3 is 9.47 Å². The predicted octanol–water partition coefficient (Wildman–Crippen LogP) is 4.43. The zero-order valence-electron chi connectivity index (χ0n) is 15.5. The average molecular weight is 344 g/mol. The van der Waals surface area contributed by atoms with Gasteiger partial charge >= 0.3 is 11.9 Å². The van der Waals surface area contributed by atoms with Crippen molar-refractivity contribution in [2.24, 2.45) is 5.92 Å². The molecule has 1 saturated heterocycles. The second-order valence-corrected chi connectivity index (χ2v) is 6.91. The molecule has 1 heterocycles. The maximum atomic E-state index is 12.0. The Morgan fingerprint density at radius 2 is 1.84 bits per heavy atom. The van der Waals surface area contributed by atoms with Gasteiger partial charge in [-0.05, 0) is 46.0 Å². The summed E-state index contributed by atoms with van der Waals surface area (Å²) in [7, 11) is 1.40. The molecule has 1 fully saturated rings. The highest BCUT2D eigenvalue weighted by Gasteiger charge is 2.37. The molecule has 4 nitrogen and oxygen atoms in total. The van der Waals surface area contributed by atoms with Crippen LogP contribution in [-0.4, -0.2) is 25.2 Å². The fraction of sp³-hybridized carbons (Fsp3) is 0.524. The highest BCUT2D eigenvalue weighted by molar-refractivity contribution is 5.91. The molecule has 0 bridgehead atoms. The Labute approximate surface area is 150 Å². The molecule has 0 amide bonds. The van der Waals surface area contributed by atoms with Crippen molar-refractivity contribution in [3.63, 3.8) is 0 Å². The lowest BCUT2D eigenvalue weighted by molar-refractivity contribution is -0.139. The van der Waals surface area contributed by atoms with Gasteiger partial charge in [-0.1, -0.05) is 36.0 Å². The molecule has 0 spiro atoms. The number of ether oxygens (including phenoxy) is 2. The van der Waals surface area contributed by atoms with Crippen LogP contribution in [0.15, 0.2) is 47.1 Å². The molecule has 2 unspecified atom stereocenters. The number of esters is 2. The minimum absolute atomic E-state index is 0.0873. The second-order valence-electron chi connectivity index (χ2n) is 6.91. The standard InChI is InChI=1S/C21H28O4/c1-14-7-5-9-15(2)13-19-18(16(3)20(22)25-19)12-11-17(10-6-8-14)21(23)24-4/h8-9,11,18-19H,3,5-7,10,12-13H2,1-2,4H3. The van der Waals surface area contributed by atoms with Gasteiger partial charge in [-0.25, -0.2) is 9.59 Å². The van der Waals surface area contributed by atoms with E-state index in [1.54, 1.807) is 0 Å². The van der Waals surface area contributed by atoms with E-state index in [1.165, 1.54) is 18.3 Å². The molecule has 1 aliphatic carbocycles. The molecule has 0 aromatic carbocycles. The van der Waals surface area contributed by atoms with E-state index in [-0.39, 0.29) is 24.0 Å². The van der Waals surface area contributed by atoms with Crippen molar-refractivity contribution in [1.82, 2.24) is 0 Å². The fourth-order valence-electron chi connectivity index (χ4n) is 3.36.